The summed E-state index contributed by atoms with van der Waals surface area (Å²) in [6.07, 6.45) is 7.56. The highest BCUT2D eigenvalue weighted by atomic mass is 32.1. The Bertz CT molecular complexity index is 1770. The van der Waals surface area contributed by atoms with Crippen molar-refractivity contribution in [2.24, 2.45) is 5.92 Å². The maximum Gasteiger partial charge on any atom is 0.246 e. The molecule has 4 aromatic rings. The maximum absolute atomic E-state index is 9.25. The molecular formula is C32H39N9O3S. The summed E-state index contributed by atoms with van der Waals surface area (Å²) in [7, 11) is 2.19. The van der Waals surface area contributed by atoms with E-state index >= 15 is 0 Å². The minimum Gasteiger partial charge on any atom is -0.474 e. The second-order valence-corrected chi connectivity index (χ2v) is 14.3. The number of hydrogen-bond acceptors (Lipinski definition) is 12. The first-order valence-corrected chi connectivity index (χ1v) is 17.1. The van der Waals surface area contributed by atoms with Crippen molar-refractivity contribution in [1.82, 2.24) is 29.8 Å². The zero-order chi connectivity index (χ0) is 30.7. The molecule has 2 saturated heterocycles. The topological polar surface area (TPSA) is 144 Å². The van der Waals surface area contributed by atoms with Crippen molar-refractivity contribution in [3.8, 4) is 23.5 Å². The van der Waals surface area contributed by atoms with E-state index in [9.17, 15) is 5.26 Å². The van der Waals surface area contributed by atoms with Gasteiger partial charge in [-0.1, -0.05) is 12.1 Å². The van der Waals surface area contributed by atoms with E-state index in [2.05, 4.69) is 35.0 Å². The summed E-state index contributed by atoms with van der Waals surface area (Å²) >= 11 is 1.48. The number of fused-ring (bicyclic) bond motifs is 3. The number of rotatable bonds is 7. The highest BCUT2D eigenvalue weighted by molar-refractivity contribution is 7.16. The molecule has 0 aromatic carbocycles. The van der Waals surface area contributed by atoms with Gasteiger partial charge in [0.2, 0.25) is 5.88 Å². The van der Waals surface area contributed by atoms with Gasteiger partial charge in [0.15, 0.2) is 22.9 Å². The number of thiophene rings is 1. The number of likely N-dealkylation sites (tertiary alicyclic amines) is 1. The Hall–Kier alpha value is -3.73. The van der Waals surface area contributed by atoms with Crippen LogP contribution in [-0.4, -0.2) is 75.2 Å². The summed E-state index contributed by atoms with van der Waals surface area (Å²) in [5, 5.41) is 20.3. The Morgan fingerprint density at radius 3 is 2.96 bits per heavy atom. The average Bonchev–Trinajstić information content (AvgIpc) is 3.80. The molecule has 13 heteroatoms. The number of aryl methyl sites for hydroxylation is 1. The molecule has 3 unspecified atom stereocenters. The van der Waals surface area contributed by atoms with Crippen LogP contribution in [0.5, 0.6) is 5.88 Å². The van der Waals surface area contributed by atoms with Crippen molar-refractivity contribution in [3.63, 3.8) is 0 Å². The average molecular weight is 630 g/mol. The lowest BCUT2D eigenvalue weighted by atomic mass is 9.94. The molecule has 0 saturated carbocycles. The summed E-state index contributed by atoms with van der Waals surface area (Å²) in [5.74, 6) is 3.45. The van der Waals surface area contributed by atoms with Gasteiger partial charge < -0.3 is 29.5 Å². The number of anilines is 2. The molecule has 236 valence electrons. The first-order chi connectivity index (χ1) is 22.0. The highest BCUT2D eigenvalue weighted by Crippen LogP contribution is 2.42. The van der Waals surface area contributed by atoms with Gasteiger partial charge in [0.1, 0.15) is 35.0 Å². The molecule has 0 bridgehead atoms. The zero-order valence-electron chi connectivity index (χ0n) is 25.9. The third-order valence-electron chi connectivity index (χ3n) is 10.0. The molecule has 0 spiro atoms. The van der Waals surface area contributed by atoms with Gasteiger partial charge >= 0.3 is 0 Å². The number of nitrogens with two attached hydrogens (primary N) is 1. The zero-order valence-corrected chi connectivity index (χ0v) is 26.7. The van der Waals surface area contributed by atoms with Gasteiger partial charge in [-0.2, -0.15) is 5.26 Å². The number of ether oxygens (including phenoxy) is 2. The van der Waals surface area contributed by atoms with Gasteiger partial charge in [-0.05, 0) is 70.5 Å². The number of nitrogen functional groups attached to an aromatic ring is 1. The van der Waals surface area contributed by atoms with Crippen molar-refractivity contribution in [2.45, 2.75) is 83.0 Å². The molecule has 2 N–H and O–H groups in total. The number of hydrogen-bond donors (Lipinski definition) is 1. The van der Waals surface area contributed by atoms with Crippen LogP contribution in [0.15, 0.2) is 10.6 Å². The Morgan fingerprint density at radius 1 is 1.22 bits per heavy atom. The molecule has 12 nitrogen and oxygen atoms in total. The van der Waals surface area contributed by atoms with Gasteiger partial charge in [-0.3, -0.25) is 0 Å². The minimum atomic E-state index is -0.191. The van der Waals surface area contributed by atoms with E-state index in [1.54, 1.807) is 0 Å². The molecule has 0 radical (unpaired) electrons. The second-order valence-electron chi connectivity index (χ2n) is 13.1. The number of aromatic nitrogens is 5. The number of likely N-dealkylation sites (N-methyl/N-ethyl adjacent to an activating group) is 1. The van der Waals surface area contributed by atoms with E-state index < -0.39 is 0 Å². The Morgan fingerprint density at radius 2 is 2.13 bits per heavy atom. The third-order valence-corrected chi connectivity index (χ3v) is 11.1. The van der Waals surface area contributed by atoms with Crippen LogP contribution in [-0.2, 0) is 24.1 Å². The summed E-state index contributed by atoms with van der Waals surface area (Å²) in [5.41, 5.74) is 9.05. The van der Waals surface area contributed by atoms with E-state index in [1.807, 2.05) is 10.7 Å². The summed E-state index contributed by atoms with van der Waals surface area (Å²) in [4.78, 5) is 16.4. The fraction of sp³-hybridized carbons (Fsp3) is 0.594. The minimum absolute atomic E-state index is 0.191. The van der Waals surface area contributed by atoms with Crippen molar-refractivity contribution >= 4 is 33.2 Å². The van der Waals surface area contributed by atoms with Crippen molar-refractivity contribution in [3.05, 3.63) is 27.8 Å². The lowest BCUT2D eigenvalue weighted by molar-refractivity contribution is 0.0158. The standard InChI is InChI=1S/C32H39N9O3S/c1-18-8-9-21-17-43-32-25-30(40(21)15-18)35-29(36-31(25)41(37-32)16-20-5-4-11-39(20)2)26-23-10-12-42-24(27(23)44-38-26)7-3-6-22-13-19(14-33)28(34)45-22/h13,18,20-21,24H,3-12,15-17,34H2,1-2H3/t18?,20?,21-,24?/m1/s1. The summed E-state index contributed by atoms with van der Waals surface area (Å²) < 4.78 is 20.6. The van der Waals surface area contributed by atoms with Gasteiger partial charge in [-0.15, -0.1) is 16.4 Å². The molecule has 2 fully saturated rings. The molecule has 4 aromatic heterocycles. The van der Waals surface area contributed by atoms with Gasteiger partial charge in [0.25, 0.3) is 0 Å². The predicted molar refractivity (Wildman–Crippen MR) is 170 cm³/mol. The van der Waals surface area contributed by atoms with Gasteiger partial charge in [-0.25, -0.2) is 14.6 Å². The molecule has 4 aliphatic rings. The SMILES string of the molecule is CC1CC[C@@H]2COc3nn(CC4CCCN4C)c4nc(-c5noc6c5CCOC6CCCc5cc(C#N)c(N)s5)nc(c34)N2C1. The van der Waals surface area contributed by atoms with Crippen LogP contribution < -0.4 is 15.4 Å². The monoisotopic (exact) mass is 629 g/mol. The van der Waals surface area contributed by atoms with Gasteiger partial charge in [0, 0.05) is 29.4 Å². The smallest absolute Gasteiger partial charge is 0.246 e. The van der Waals surface area contributed by atoms with E-state index in [0.29, 0.717) is 59.6 Å². The van der Waals surface area contributed by atoms with Crippen LogP contribution in [0.3, 0.4) is 0 Å². The van der Waals surface area contributed by atoms with Crippen LogP contribution in [0, 0.1) is 17.2 Å². The summed E-state index contributed by atoms with van der Waals surface area (Å²) in [6, 6.07) is 4.71. The third kappa shape index (κ3) is 5.13. The van der Waals surface area contributed by atoms with Crippen molar-refractivity contribution in [1.29, 1.82) is 5.26 Å². The maximum atomic E-state index is 9.25. The normalized spacial score (nSPS) is 24.7. The molecule has 8 rings (SSSR count). The molecule has 4 aliphatic heterocycles. The number of nitrogens with zero attached hydrogens (tertiary/aromatic N) is 8. The van der Waals surface area contributed by atoms with E-state index in [4.69, 9.17) is 34.8 Å². The van der Waals surface area contributed by atoms with E-state index in [1.165, 1.54) is 24.2 Å². The first-order valence-electron chi connectivity index (χ1n) is 16.2. The van der Waals surface area contributed by atoms with Crippen molar-refractivity contribution in [2.75, 3.05) is 44.0 Å². The molecule has 0 aliphatic carbocycles. The Labute approximate surface area is 266 Å². The van der Waals surface area contributed by atoms with Crippen molar-refractivity contribution < 1.29 is 14.0 Å². The molecule has 4 atom stereocenters. The molecule has 45 heavy (non-hydrogen) atoms. The number of nitriles is 1. The fourth-order valence-electron chi connectivity index (χ4n) is 7.51. The van der Waals surface area contributed by atoms with Crippen LogP contribution in [0.1, 0.15) is 73.3 Å². The summed E-state index contributed by atoms with van der Waals surface area (Å²) in [6.45, 7) is 6.27. The predicted octanol–water partition coefficient (Wildman–Crippen LogP) is 4.72. The lowest BCUT2D eigenvalue weighted by Crippen LogP contribution is -2.45. The van der Waals surface area contributed by atoms with Crippen LogP contribution in [0.2, 0.25) is 0 Å². The Kier molecular flexibility index (Phi) is 7.38. The van der Waals surface area contributed by atoms with Crippen LogP contribution >= 0.6 is 11.3 Å². The van der Waals surface area contributed by atoms with E-state index in [0.717, 1.165) is 84.8 Å². The fourth-order valence-corrected chi connectivity index (χ4v) is 8.43. The Balaban J connectivity index is 1.14. The van der Waals surface area contributed by atoms with Crippen LogP contribution in [0.4, 0.5) is 10.8 Å². The first kappa shape index (κ1) is 28.7. The highest BCUT2D eigenvalue weighted by Gasteiger charge is 2.37. The molecular weight excluding hydrogens is 590 g/mol. The van der Waals surface area contributed by atoms with Gasteiger partial charge in [0.05, 0.1) is 24.8 Å². The molecule has 8 heterocycles. The largest absolute Gasteiger partial charge is 0.474 e. The van der Waals surface area contributed by atoms with E-state index in [-0.39, 0.29) is 12.1 Å². The second kappa shape index (κ2) is 11.6. The lowest BCUT2D eigenvalue weighted by Gasteiger charge is -2.38. The number of piperidine rings is 1. The molecule has 0 amide bonds. The quantitative estimate of drug-likeness (QED) is 0.303. The van der Waals surface area contributed by atoms with Crippen LogP contribution in [0.25, 0.3) is 22.6 Å².